The van der Waals surface area contributed by atoms with Crippen molar-refractivity contribution in [2.75, 3.05) is 7.11 Å². The van der Waals surface area contributed by atoms with Gasteiger partial charge in [0, 0.05) is 18.8 Å². The molecule has 2 rings (SSSR count). The maximum atomic E-state index is 12.1. The van der Waals surface area contributed by atoms with E-state index in [9.17, 15) is 4.79 Å². The van der Waals surface area contributed by atoms with Crippen LogP contribution in [-0.2, 0) is 13.5 Å². The molecule has 0 bridgehead atoms. The molecule has 0 saturated heterocycles. The van der Waals surface area contributed by atoms with Gasteiger partial charge in [0.1, 0.15) is 5.75 Å². The first-order valence-corrected chi connectivity index (χ1v) is 5.63. The van der Waals surface area contributed by atoms with Gasteiger partial charge in [-0.05, 0) is 18.6 Å². The summed E-state index contributed by atoms with van der Waals surface area (Å²) in [5.74, 6) is 0.730. The summed E-state index contributed by atoms with van der Waals surface area (Å²) >= 11 is 0. The molecular formula is C13H15N3O2. The predicted molar refractivity (Wildman–Crippen MR) is 66.8 cm³/mol. The highest BCUT2D eigenvalue weighted by Gasteiger charge is 2.11. The Labute approximate surface area is 105 Å². The summed E-state index contributed by atoms with van der Waals surface area (Å²) in [7, 11) is 3.37. The Bertz CT molecular complexity index is 575. The summed E-state index contributed by atoms with van der Waals surface area (Å²) in [6, 6.07) is 5.44. The van der Waals surface area contributed by atoms with Crippen molar-refractivity contribution in [1.82, 2.24) is 15.0 Å². The van der Waals surface area contributed by atoms with Crippen LogP contribution in [0, 0.1) is 6.92 Å². The number of carbonyl (C=O) groups excluding carboxylic acids is 1. The van der Waals surface area contributed by atoms with Crippen LogP contribution in [0.5, 0.6) is 5.75 Å². The minimum Gasteiger partial charge on any atom is -0.496 e. The maximum Gasteiger partial charge on any atom is 0.169 e. The average Bonchev–Trinajstić information content (AvgIpc) is 2.75. The fraction of sp³-hybridized carbons (Fsp3) is 0.308. The SMILES string of the molecule is COc1cc(C(=O)Cc2cn(C)nn2)ccc1C. The zero-order valence-electron chi connectivity index (χ0n) is 10.7. The molecule has 1 heterocycles. The van der Waals surface area contributed by atoms with Crippen LogP contribution in [0.15, 0.2) is 24.4 Å². The van der Waals surface area contributed by atoms with Crippen LogP contribution in [0.4, 0.5) is 0 Å². The molecular weight excluding hydrogens is 230 g/mol. The van der Waals surface area contributed by atoms with Crippen molar-refractivity contribution in [2.45, 2.75) is 13.3 Å². The molecule has 0 radical (unpaired) electrons. The molecule has 5 heteroatoms. The van der Waals surface area contributed by atoms with Gasteiger partial charge in [0.2, 0.25) is 0 Å². The molecule has 1 aromatic heterocycles. The third-order valence-electron chi connectivity index (χ3n) is 2.72. The number of benzene rings is 1. The number of ether oxygens (including phenoxy) is 1. The van der Waals surface area contributed by atoms with Gasteiger partial charge in [-0.1, -0.05) is 17.3 Å². The highest BCUT2D eigenvalue weighted by atomic mass is 16.5. The first-order valence-electron chi connectivity index (χ1n) is 5.63. The number of hydrogen-bond acceptors (Lipinski definition) is 4. The Hall–Kier alpha value is -2.17. The lowest BCUT2D eigenvalue weighted by atomic mass is 10.0. The lowest BCUT2D eigenvalue weighted by molar-refractivity contribution is 0.0991. The first kappa shape index (κ1) is 12.3. The molecule has 5 nitrogen and oxygen atoms in total. The van der Waals surface area contributed by atoms with Gasteiger partial charge in [-0.3, -0.25) is 9.48 Å². The molecule has 0 saturated carbocycles. The van der Waals surface area contributed by atoms with E-state index in [1.165, 1.54) is 0 Å². The summed E-state index contributed by atoms with van der Waals surface area (Å²) in [6.07, 6.45) is 1.99. The van der Waals surface area contributed by atoms with Gasteiger partial charge in [0.05, 0.1) is 19.2 Å². The van der Waals surface area contributed by atoms with Crippen LogP contribution in [0.3, 0.4) is 0 Å². The summed E-state index contributed by atoms with van der Waals surface area (Å²) in [5.41, 5.74) is 2.30. The summed E-state index contributed by atoms with van der Waals surface area (Å²) < 4.78 is 6.79. The molecule has 94 valence electrons. The Balaban J connectivity index is 2.18. The minimum absolute atomic E-state index is 0.00815. The Morgan fingerprint density at radius 3 is 2.83 bits per heavy atom. The molecule has 0 unspecified atom stereocenters. The van der Waals surface area contributed by atoms with Crippen LogP contribution in [-0.4, -0.2) is 27.9 Å². The third kappa shape index (κ3) is 2.56. The Morgan fingerprint density at radius 1 is 1.44 bits per heavy atom. The lowest BCUT2D eigenvalue weighted by Gasteiger charge is -2.06. The standard InChI is InChI=1S/C13H15N3O2/c1-9-4-5-10(6-13(9)18-3)12(17)7-11-8-16(2)15-14-11/h4-6,8H,7H2,1-3H3. The highest BCUT2D eigenvalue weighted by Crippen LogP contribution is 2.19. The summed E-state index contributed by atoms with van der Waals surface area (Å²) in [5, 5.41) is 7.70. The normalized spacial score (nSPS) is 10.4. The van der Waals surface area contributed by atoms with E-state index in [2.05, 4.69) is 10.3 Å². The molecule has 0 fully saturated rings. The van der Waals surface area contributed by atoms with Crippen LogP contribution in [0.2, 0.25) is 0 Å². The van der Waals surface area contributed by atoms with Crippen LogP contribution in [0.25, 0.3) is 0 Å². The van der Waals surface area contributed by atoms with E-state index in [0.29, 0.717) is 11.3 Å². The van der Waals surface area contributed by atoms with Crippen LogP contribution in [0.1, 0.15) is 21.6 Å². The number of aromatic nitrogens is 3. The molecule has 0 spiro atoms. The van der Waals surface area contributed by atoms with Crippen LogP contribution >= 0.6 is 0 Å². The largest absolute Gasteiger partial charge is 0.496 e. The lowest BCUT2D eigenvalue weighted by Crippen LogP contribution is -2.04. The van der Waals surface area contributed by atoms with Crippen molar-refractivity contribution in [1.29, 1.82) is 0 Å². The van der Waals surface area contributed by atoms with Crippen molar-refractivity contribution in [3.05, 3.63) is 41.2 Å². The number of Topliss-reactive ketones (excluding diaryl/α,β-unsaturated/α-hetero) is 1. The van der Waals surface area contributed by atoms with E-state index in [-0.39, 0.29) is 12.2 Å². The second kappa shape index (κ2) is 5.00. The summed E-state index contributed by atoms with van der Waals surface area (Å²) in [6.45, 7) is 1.94. The number of nitrogens with zero attached hydrogens (tertiary/aromatic N) is 3. The van der Waals surface area contributed by atoms with Gasteiger partial charge in [-0.25, -0.2) is 0 Å². The van der Waals surface area contributed by atoms with Crippen molar-refractivity contribution in [3.63, 3.8) is 0 Å². The monoisotopic (exact) mass is 245 g/mol. The third-order valence-corrected chi connectivity index (χ3v) is 2.72. The molecule has 18 heavy (non-hydrogen) atoms. The number of ketones is 1. The molecule has 0 atom stereocenters. The molecule has 1 aromatic carbocycles. The Morgan fingerprint density at radius 2 is 2.22 bits per heavy atom. The molecule has 0 aliphatic heterocycles. The number of aryl methyl sites for hydroxylation is 2. The number of hydrogen-bond donors (Lipinski definition) is 0. The second-order valence-electron chi connectivity index (χ2n) is 4.17. The first-order chi connectivity index (χ1) is 8.60. The molecule has 0 aliphatic rings. The van der Waals surface area contributed by atoms with Gasteiger partial charge < -0.3 is 4.74 Å². The number of carbonyl (C=O) groups is 1. The van der Waals surface area contributed by atoms with Gasteiger partial charge in [-0.2, -0.15) is 0 Å². The van der Waals surface area contributed by atoms with E-state index >= 15 is 0 Å². The molecule has 0 N–H and O–H groups in total. The van der Waals surface area contributed by atoms with E-state index in [0.717, 1.165) is 11.3 Å². The highest BCUT2D eigenvalue weighted by molar-refractivity contribution is 5.97. The fourth-order valence-electron chi connectivity index (χ4n) is 1.74. The second-order valence-corrected chi connectivity index (χ2v) is 4.17. The minimum atomic E-state index is 0.00815. The molecule has 0 aliphatic carbocycles. The average molecular weight is 245 g/mol. The summed E-state index contributed by atoms with van der Waals surface area (Å²) in [4.78, 5) is 12.1. The zero-order valence-corrected chi connectivity index (χ0v) is 10.7. The fourth-order valence-corrected chi connectivity index (χ4v) is 1.74. The van der Waals surface area contributed by atoms with Crippen molar-refractivity contribution in [2.24, 2.45) is 7.05 Å². The van der Waals surface area contributed by atoms with E-state index in [1.807, 2.05) is 13.0 Å². The topological polar surface area (TPSA) is 57.0 Å². The van der Waals surface area contributed by atoms with E-state index < -0.39 is 0 Å². The molecule has 0 amide bonds. The Kier molecular flexibility index (Phi) is 3.41. The smallest absolute Gasteiger partial charge is 0.169 e. The zero-order chi connectivity index (χ0) is 13.1. The molecule has 2 aromatic rings. The number of rotatable bonds is 4. The maximum absolute atomic E-state index is 12.1. The van der Waals surface area contributed by atoms with Crippen molar-refractivity contribution < 1.29 is 9.53 Å². The van der Waals surface area contributed by atoms with Gasteiger partial charge in [-0.15, -0.1) is 5.10 Å². The van der Waals surface area contributed by atoms with Crippen molar-refractivity contribution in [3.8, 4) is 5.75 Å². The van der Waals surface area contributed by atoms with E-state index in [4.69, 9.17) is 4.74 Å². The quantitative estimate of drug-likeness (QED) is 0.767. The van der Waals surface area contributed by atoms with Crippen LogP contribution < -0.4 is 4.74 Å². The van der Waals surface area contributed by atoms with Gasteiger partial charge >= 0.3 is 0 Å². The number of methoxy groups -OCH3 is 1. The van der Waals surface area contributed by atoms with E-state index in [1.54, 1.807) is 37.2 Å². The van der Waals surface area contributed by atoms with Gasteiger partial charge in [0.15, 0.2) is 5.78 Å². The van der Waals surface area contributed by atoms with Gasteiger partial charge in [0.25, 0.3) is 0 Å². The predicted octanol–water partition coefficient (Wildman–Crippen LogP) is 1.56. The van der Waals surface area contributed by atoms with Crippen molar-refractivity contribution >= 4 is 5.78 Å².